The zero-order valence-electron chi connectivity index (χ0n) is 17.6. The van der Waals surface area contributed by atoms with E-state index in [9.17, 15) is 9.90 Å². The summed E-state index contributed by atoms with van der Waals surface area (Å²) in [6, 6.07) is 5.81. The Hall–Kier alpha value is -3.72. The van der Waals surface area contributed by atoms with E-state index in [1.807, 2.05) is 54.7 Å². The fourth-order valence-corrected chi connectivity index (χ4v) is 3.37. The van der Waals surface area contributed by atoms with E-state index in [-0.39, 0.29) is 12.4 Å². The summed E-state index contributed by atoms with van der Waals surface area (Å²) in [4.78, 5) is 17.0. The van der Waals surface area contributed by atoms with Crippen molar-refractivity contribution in [1.29, 1.82) is 0 Å². The van der Waals surface area contributed by atoms with Gasteiger partial charge < -0.3 is 15.7 Å². The molecule has 3 N–H and O–H groups in total. The molecule has 0 spiro atoms. The summed E-state index contributed by atoms with van der Waals surface area (Å²) < 4.78 is 5.87. The Morgan fingerprint density at radius 1 is 1.19 bits per heavy atom. The standard InChI is InChI=1S/C22H25N7O2/c1-16-13-18(17(14-20(16)31)23-7-12-30)25-21-19-5-3-4-8-29(19)26-22(21)24-6-9-28-11-10-27(2)15-28/h3-5,8,10-11,13-15,30H,6-7,9,12H2,1-2H3,(H-,23,24,26,31)/p+1. The summed E-state index contributed by atoms with van der Waals surface area (Å²) in [7, 11) is 1.99. The lowest BCUT2D eigenvalue weighted by atomic mass is 10.0. The molecule has 0 amide bonds. The molecule has 4 rings (SSSR count). The highest BCUT2D eigenvalue weighted by Gasteiger charge is 2.19. The maximum atomic E-state index is 12.1. The summed E-state index contributed by atoms with van der Waals surface area (Å²) >= 11 is 0. The normalized spacial score (nSPS) is 15.3. The average molecular weight is 420 g/mol. The first-order chi connectivity index (χ1) is 15.0. The third kappa shape index (κ3) is 4.56. The van der Waals surface area contributed by atoms with Crippen molar-refractivity contribution in [3.8, 4) is 0 Å². The van der Waals surface area contributed by atoms with Crippen molar-refractivity contribution in [3.05, 3.63) is 66.5 Å². The summed E-state index contributed by atoms with van der Waals surface area (Å²) in [5, 5.41) is 20.3. The molecule has 0 fully saturated rings. The minimum atomic E-state index is -0.0718. The summed E-state index contributed by atoms with van der Waals surface area (Å²) in [6.45, 7) is 3.52. The number of hydrogen-bond acceptors (Lipinski definition) is 6. The number of rotatable bonds is 8. The van der Waals surface area contributed by atoms with Crippen molar-refractivity contribution < 1.29 is 14.5 Å². The van der Waals surface area contributed by atoms with E-state index in [2.05, 4.69) is 20.3 Å². The molecule has 0 atom stereocenters. The van der Waals surface area contributed by atoms with Crippen LogP contribution in [0.3, 0.4) is 0 Å². The lowest BCUT2D eigenvalue weighted by Gasteiger charge is -2.15. The van der Waals surface area contributed by atoms with Crippen LogP contribution < -0.4 is 15.2 Å². The van der Waals surface area contributed by atoms with Gasteiger partial charge in [0.15, 0.2) is 11.6 Å². The molecule has 3 heterocycles. The number of imidazole rings is 1. The lowest BCUT2D eigenvalue weighted by Crippen LogP contribution is -2.26. The van der Waals surface area contributed by atoms with Gasteiger partial charge in [-0.3, -0.25) is 4.79 Å². The van der Waals surface area contributed by atoms with Crippen LogP contribution in [-0.4, -0.2) is 50.5 Å². The van der Waals surface area contributed by atoms with Crippen molar-refractivity contribution >= 4 is 28.5 Å². The number of hydrogen-bond donors (Lipinski definition) is 3. The van der Waals surface area contributed by atoms with Crippen molar-refractivity contribution in [1.82, 2.24) is 19.5 Å². The molecule has 1 aliphatic rings. The van der Waals surface area contributed by atoms with Gasteiger partial charge in [-0.2, -0.15) is 0 Å². The van der Waals surface area contributed by atoms with E-state index in [1.165, 1.54) is 6.08 Å². The molecule has 9 nitrogen and oxygen atoms in total. The molecular formula is C22H26N7O2+. The highest BCUT2D eigenvalue weighted by molar-refractivity contribution is 6.22. The predicted molar refractivity (Wildman–Crippen MR) is 118 cm³/mol. The number of aromatic nitrogens is 4. The van der Waals surface area contributed by atoms with Crippen LogP contribution in [0.15, 0.2) is 71.5 Å². The smallest absolute Gasteiger partial charge is 0.243 e. The zero-order chi connectivity index (χ0) is 21.8. The van der Waals surface area contributed by atoms with Crippen molar-refractivity contribution in [2.24, 2.45) is 12.0 Å². The van der Waals surface area contributed by atoms with Crippen molar-refractivity contribution in [2.45, 2.75) is 13.5 Å². The Morgan fingerprint density at radius 3 is 2.84 bits per heavy atom. The molecule has 9 heteroatoms. The van der Waals surface area contributed by atoms with Gasteiger partial charge in [-0.15, -0.1) is 5.10 Å². The second kappa shape index (κ2) is 8.97. The monoisotopic (exact) mass is 420 g/mol. The number of carbonyl (C=O) groups is 1. The topological polar surface area (TPSA) is 99.8 Å². The van der Waals surface area contributed by atoms with E-state index in [0.29, 0.717) is 41.6 Å². The number of aryl methyl sites for hydroxylation is 1. The van der Waals surface area contributed by atoms with E-state index in [1.54, 1.807) is 17.5 Å². The molecule has 0 unspecified atom stereocenters. The van der Waals surface area contributed by atoms with Gasteiger partial charge in [-0.25, -0.2) is 18.6 Å². The summed E-state index contributed by atoms with van der Waals surface area (Å²) in [6.07, 6.45) is 11.2. The highest BCUT2D eigenvalue weighted by atomic mass is 16.3. The van der Waals surface area contributed by atoms with Gasteiger partial charge in [0, 0.05) is 18.8 Å². The average Bonchev–Trinajstić information content (AvgIpc) is 3.33. The number of carbonyl (C=O) groups excluding carboxylic acids is 1. The predicted octanol–water partition coefficient (Wildman–Crippen LogP) is 1.14. The van der Waals surface area contributed by atoms with Gasteiger partial charge in [0.2, 0.25) is 6.33 Å². The highest BCUT2D eigenvalue weighted by Crippen LogP contribution is 2.31. The van der Waals surface area contributed by atoms with E-state index >= 15 is 0 Å². The largest absolute Gasteiger partial charge is 0.395 e. The Labute approximate surface area is 180 Å². The number of aliphatic hydroxyl groups excluding tert-OH is 1. The van der Waals surface area contributed by atoms with Gasteiger partial charge in [0.05, 0.1) is 37.1 Å². The van der Waals surface area contributed by atoms with Gasteiger partial charge in [-0.05, 0) is 30.7 Å². The fourth-order valence-electron chi connectivity index (χ4n) is 3.37. The maximum Gasteiger partial charge on any atom is 0.243 e. The second-order valence-electron chi connectivity index (χ2n) is 7.37. The lowest BCUT2D eigenvalue weighted by molar-refractivity contribution is -0.671. The zero-order valence-corrected chi connectivity index (χ0v) is 17.6. The van der Waals surface area contributed by atoms with Gasteiger partial charge in [0.1, 0.15) is 24.6 Å². The molecule has 0 bridgehead atoms. The number of allylic oxidation sites excluding steroid dienone is 3. The van der Waals surface area contributed by atoms with Crippen LogP contribution in [0.2, 0.25) is 0 Å². The SMILES string of the molecule is CC1=CC(=Nc2c(NCCn3cc[n+](C)c3)nn3ccccc23)C(NCCO)=CC1=O. The van der Waals surface area contributed by atoms with E-state index in [4.69, 9.17) is 4.99 Å². The van der Waals surface area contributed by atoms with Crippen molar-refractivity contribution in [2.75, 3.05) is 25.0 Å². The van der Waals surface area contributed by atoms with Crippen LogP contribution in [0.25, 0.3) is 5.52 Å². The Balaban J connectivity index is 1.67. The Bertz CT molecular complexity index is 1200. The molecule has 0 saturated heterocycles. The van der Waals surface area contributed by atoms with Crippen LogP contribution >= 0.6 is 0 Å². The first kappa shape index (κ1) is 20.5. The minimum Gasteiger partial charge on any atom is -0.395 e. The van der Waals surface area contributed by atoms with Gasteiger partial charge in [-0.1, -0.05) is 6.07 Å². The molecule has 160 valence electrons. The van der Waals surface area contributed by atoms with E-state index in [0.717, 1.165) is 12.1 Å². The Morgan fingerprint density at radius 2 is 2.06 bits per heavy atom. The second-order valence-corrected chi connectivity index (χ2v) is 7.37. The molecule has 1 aliphatic carbocycles. The number of ketones is 1. The van der Waals surface area contributed by atoms with Crippen LogP contribution in [0.1, 0.15) is 6.92 Å². The molecule has 0 saturated carbocycles. The number of fused-ring (bicyclic) bond motifs is 1. The summed E-state index contributed by atoms with van der Waals surface area (Å²) in [5.41, 5.74) is 3.38. The van der Waals surface area contributed by atoms with E-state index < -0.39 is 0 Å². The quantitative estimate of drug-likeness (QED) is 0.375. The van der Waals surface area contributed by atoms with Crippen LogP contribution in [0, 0.1) is 0 Å². The number of aliphatic imine (C=N–C) groups is 1. The number of nitrogens with one attached hydrogen (secondary N) is 2. The number of pyridine rings is 1. The third-order valence-electron chi connectivity index (χ3n) is 4.95. The first-order valence-electron chi connectivity index (χ1n) is 10.2. The van der Waals surface area contributed by atoms with Gasteiger partial charge in [0.25, 0.3) is 0 Å². The van der Waals surface area contributed by atoms with Gasteiger partial charge >= 0.3 is 0 Å². The molecule has 0 aliphatic heterocycles. The van der Waals surface area contributed by atoms with Crippen LogP contribution in [-0.2, 0) is 18.4 Å². The summed E-state index contributed by atoms with van der Waals surface area (Å²) in [5.74, 6) is 0.595. The molecule has 0 aromatic carbocycles. The number of aliphatic hydroxyl groups is 1. The Kier molecular flexibility index (Phi) is 5.94. The molecule has 3 aromatic heterocycles. The third-order valence-corrected chi connectivity index (χ3v) is 4.95. The minimum absolute atomic E-state index is 0.0395. The number of anilines is 1. The van der Waals surface area contributed by atoms with Crippen molar-refractivity contribution in [3.63, 3.8) is 0 Å². The van der Waals surface area contributed by atoms with Crippen LogP contribution in [0.4, 0.5) is 11.5 Å². The fraction of sp³-hybridized carbons (Fsp3) is 0.273. The number of nitrogens with zero attached hydrogens (tertiary/aromatic N) is 5. The molecule has 3 aromatic rings. The maximum absolute atomic E-state index is 12.1. The molecular weight excluding hydrogens is 394 g/mol. The molecule has 0 radical (unpaired) electrons. The first-order valence-corrected chi connectivity index (χ1v) is 10.2. The molecule has 31 heavy (non-hydrogen) atoms. The van der Waals surface area contributed by atoms with Crippen LogP contribution in [0.5, 0.6) is 0 Å².